The molecule has 3 fully saturated rings. The van der Waals surface area contributed by atoms with E-state index in [1.807, 2.05) is 28.2 Å². The fraction of sp³-hybridized carbons (Fsp3) is 0.517. The lowest BCUT2D eigenvalue weighted by Crippen LogP contribution is -2.51. The summed E-state index contributed by atoms with van der Waals surface area (Å²) in [7, 11) is 1.80. The number of rotatable bonds is 7. The van der Waals surface area contributed by atoms with Crippen LogP contribution in [0.25, 0.3) is 17.0 Å². The molecule has 0 radical (unpaired) electrons. The zero-order chi connectivity index (χ0) is 25.8. The Morgan fingerprint density at radius 3 is 2.59 bits per heavy atom. The van der Waals surface area contributed by atoms with E-state index in [0.717, 1.165) is 74.8 Å². The number of aliphatic imine (C=N–C) groups is 1. The molecule has 196 valence electrons. The Labute approximate surface area is 220 Å². The van der Waals surface area contributed by atoms with Gasteiger partial charge in [0.2, 0.25) is 5.91 Å². The highest BCUT2D eigenvalue weighted by molar-refractivity contribution is 5.82. The SMILES string of the molecule is C=Nn1cc(-c2ccc([C@@H]3CCCNC3)cn2)cc1/C(=C\C)N1CCN(C(=O)C2CC(C=NC)C2)CC1. The topological polar surface area (TPSA) is 78.1 Å². The molecule has 2 aliphatic heterocycles. The smallest absolute Gasteiger partial charge is 0.225 e. The van der Waals surface area contributed by atoms with Gasteiger partial charge in [-0.3, -0.25) is 9.78 Å². The predicted octanol–water partition coefficient (Wildman–Crippen LogP) is 3.71. The minimum atomic E-state index is 0.161. The maximum absolute atomic E-state index is 12.9. The largest absolute Gasteiger partial charge is 0.367 e. The number of piperidine rings is 1. The molecule has 0 bridgehead atoms. The number of nitrogens with zero attached hydrogens (tertiary/aromatic N) is 6. The van der Waals surface area contributed by atoms with Crippen molar-refractivity contribution in [2.75, 3.05) is 46.3 Å². The first kappa shape index (κ1) is 25.4. The molecule has 0 unspecified atom stereocenters. The lowest BCUT2D eigenvalue weighted by molar-refractivity contribution is -0.140. The second-order valence-electron chi connectivity index (χ2n) is 10.4. The van der Waals surface area contributed by atoms with Crippen LogP contribution in [0, 0.1) is 11.8 Å². The van der Waals surface area contributed by atoms with E-state index in [4.69, 9.17) is 4.98 Å². The molecular weight excluding hydrogens is 462 g/mol. The van der Waals surface area contributed by atoms with Gasteiger partial charge < -0.3 is 20.1 Å². The van der Waals surface area contributed by atoms with Crippen molar-refractivity contribution in [3.05, 3.63) is 47.9 Å². The number of hydrogen-bond donors (Lipinski definition) is 1. The summed E-state index contributed by atoms with van der Waals surface area (Å²) in [6.07, 6.45) is 12.4. The zero-order valence-electron chi connectivity index (χ0n) is 22.1. The van der Waals surface area contributed by atoms with E-state index in [2.05, 4.69) is 58.2 Å². The maximum Gasteiger partial charge on any atom is 0.225 e. The van der Waals surface area contributed by atoms with Gasteiger partial charge in [-0.1, -0.05) is 12.1 Å². The number of aromatic nitrogens is 2. The fourth-order valence-corrected chi connectivity index (χ4v) is 5.97. The second kappa shape index (κ2) is 11.4. The summed E-state index contributed by atoms with van der Waals surface area (Å²) < 4.78 is 1.84. The number of nitrogens with one attached hydrogen (secondary N) is 1. The molecule has 3 aliphatic rings. The summed E-state index contributed by atoms with van der Waals surface area (Å²) in [5.74, 6) is 1.48. The van der Waals surface area contributed by atoms with Crippen LogP contribution in [0.4, 0.5) is 0 Å². The van der Waals surface area contributed by atoms with E-state index in [-0.39, 0.29) is 5.92 Å². The van der Waals surface area contributed by atoms with Crippen LogP contribution in [0.2, 0.25) is 0 Å². The molecule has 0 aromatic carbocycles. The average molecular weight is 502 g/mol. The highest BCUT2D eigenvalue weighted by Gasteiger charge is 2.37. The number of piperazine rings is 1. The van der Waals surface area contributed by atoms with Gasteiger partial charge in [0.25, 0.3) is 0 Å². The van der Waals surface area contributed by atoms with Gasteiger partial charge in [-0.05, 0) is 68.7 Å². The molecule has 2 saturated heterocycles. The summed E-state index contributed by atoms with van der Waals surface area (Å²) in [4.78, 5) is 26.2. The molecule has 8 heteroatoms. The van der Waals surface area contributed by atoms with Gasteiger partial charge in [0.1, 0.15) is 0 Å². The van der Waals surface area contributed by atoms with Crippen molar-refractivity contribution in [2.24, 2.45) is 21.9 Å². The van der Waals surface area contributed by atoms with E-state index in [1.165, 1.54) is 18.4 Å². The lowest BCUT2D eigenvalue weighted by atomic mass is 9.75. The number of hydrogen-bond acceptors (Lipinski definition) is 6. The number of carbonyl (C=O) groups excluding carboxylic acids is 1. The highest BCUT2D eigenvalue weighted by atomic mass is 16.2. The molecule has 37 heavy (non-hydrogen) atoms. The Morgan fingerprint density at radius 2 is 1.97 bits per heavy atom. The van der Waals surface area contributed by atoms with Crippen LogP contribution in [-0.4, -0.2) is 84.6 Å². The first-order valence-corrected chi connectivity index (χ1v) is 13.6. The van der Waals surface area contributed by atoms with Gasteiger partial charge in [-0.25, -0.2) is 4.68 Å². The van der Waals surface area contributed by atoms with Gasteiger partial charge >= 0.3 is 0 Å². The third-order valence-electron chi connectivity index (χ3n) is 8.15. The summed E-state index contributed by atoms with van der Waals surface area (Å²) in [6, 6.07) is 6.48. The summed E-state index contributed by atoms with van der Waals surface area (Å²) >= 11 is 0. The maximum atomic E-state index is 12.9. The molecule has 2 aromatic rings. The highest BCUT2D eigenvalue weighted by Crippen LogP contribution is 2.35. The summed E-state index contributed by atoms with van der Waals surface area (Å²) in [5, 5.41) is 7.75. The number of allylic oxidation sites excluding steroid dienone is 1. The van der Waals surface area contributed by atoms with Crippen LogP contribution >= 0.6 is 0 Å². The van der Waals surface area contributed by atoms with Gasteiger partial charge in [-0.2, -0.15) is 5.10 Å². The standard InChI is InChI=1S/C29H39N7O/c1-4-27(34-10-12-35(13-11-34)29(37)24-14-21(15-24)17-30-2)28-16-25(20-36(28)31-3)26-8-7-23(19-33-26)22-6-5-9-32-18-22/h4,7-8,16-17,19-22,24,32H,3,5-6,9-15,18H2,1-2H3/b27-4+,30-17?/t21?,22-,24?/m1/s1. The number of carbonyl (C=O) groups is 1. The molecular formula is C29H39N7O. The van der Waals surface area contributed by atoms with Crippen molar-refractivity contribution in [3.63, 3.8) is 0 Å². The van der Waals surface area contributed by atoms with E-state index in [1.54, 1.807) is 7.05 Å². The molecule has 1 saturated carbocycles. The molecule has 1 aliphatic carbocycles. The predicted molar refractivity (Wildman–Crippen MR) is 150 cm³/mol. The Hall–Kier alpha value is -3.26. The van der Waals surface area contributed by atoms with E-state index < -0.39 is 0 Å². The van der Waals surface area contributed by atoms with E-state index >= 15 is 0 Å². The van der Waals surface area contributed by atoms with Gasteiger partial charge in [0, 0.05) is 76.6 Å². The first-order valence-electron chi connectivity index (χ1n) is 13.6. The zero-order valence-corrected chi connectivity index (χ0v) is 22.1. The van der Waals surface area contributed by atoms with Crippen LogP contribution in [0.15, 0.2) is 46.8 Å². The Balaban J connectivity index is 1.25. The summed E-state index contributed by atoms with van der Waals surface area (Å²) in [5.41, 5.74) is 5.37. The third-order valence-corrected chi connectivity index (χ3v) is 8.15. The summed E-state index contributed by atoms with van der Waals surface area (Å²) in [6.45, 7) is 11.1. The minimum absolute atomic E-state index is 0.161. The number of pyridine rings is 1. The Morgan fingerprint density at radius 1 is 1.19 bits per heavy atom. The molecule has 4 heterocycles. The molecule has 0 spiro atoms. The van der Waals surface area contributed by atoms with Crippen molar-refractivity contribution < 1.29 is 4.79 Å². The van der Waals surface area contributed by atoms with Crippen molar-refractivity contribution in [3.8, 4) is 11.3 Å². The first-order chi connectivity index (χ1) is 18.1. The van der Waals surface area contributed by atoms with E-state index in [0.29, 0.717) is 17.7 Å². The quantitative estimate of drug-likeness (QED) is 0.587. The van der Waals surface area contributed by atoms with Crippen molar-refractivity contribution >= 4 is 24.5 Å². The molecule has 1 amide bonds. The van der Waals surface area contributed by atoms with E-state index in [9.17, 15) is 4.79 Å². The molecule has 5 rings (SSSR count). The van der Waals surface area contributed by atoms with Crippen molar-refractivity contribution in [2.45, 2.75) is 38.5 Å². The Bertz CT molecular complexity index is 1150. The normalized spacial score (nSPS) is 24.8. The minimum Gasteiger partial charge on any atom is -0.367 e. The molecule has 8 nitrogen and oxygen atoms in total. The lowest BCUT2D eigenvalue weighted by Gasteiger charge is -2.41. The number of amides is 1. The monoisotopic (exact) mass is 501 g/mol. The van der Waals surface area contributed by atoms with Gasteiger partial charge in [-0.15, -0.1) is 0 Å². The van der Waals surface area contributed by atoms with Crippen LogP contribution in [0.3, 0.4) is 0 Å². The average Bonchev–Trinajstić information content (AvgIpc) is 3.36. The molecule has 1 atom stereocenters. The van der Waals surface area contributed by atoms with Gasteiger partial charge in [0.15, 0.2) is 0 Å². The molecule has 1 N–H and O–H groups in total. The second-order valence-corrected chi connectivity index (χ2v) is 10.4. The van der Waals surface area contributed by atoms with Crippen LogP contribution in [-0.2, 0) is 4.79 Å². The van der Waals surface area contributed by atoms with Crippen molar-refractivity contribution in [1.29, 1.82) is 0 Å². The van der Waals surface area contributed by atoms with Crippen LogP contribution < -0.4 is 5.32 Å². The van der Waals surface area contributed by atoms with Crippen molar-refractivity contribution in [1.82, 2.24) is 24.8 Å². The Kier molecular flexibility index (Phi) is 7.84. The fourth-order valence-electron chi connectivity index (χ4n) is 5.97. The van der Waals surface area contributed by atoms with Crippen LogP contribution in [0.1, 0.15) is 49.8 Å². The van der Waals surface area contributed by atoms with Crippen LogP contribution in [0.5, 0.6) is 0 Å². The third kappa shape index (κ3) is 5.39. The molecule has 2 aromatic heterocycles. The van der Waals surface area contributed by atoms with Gasteiger partial charge in [0.05, 0.1) is 17.1 Å².